The molecule has 0 aromatic heterocycles. The minimum atomic E-state index is -3.36. The number of benzene rings is 1. The van der Waals surface area contributed by atoms with Crippen molar-refractivity contribution in [1.82, 2.24) is 0 Å². The molecule has 2 rings (SSSR count). The van der Waals surface area contributed by atoms with E-state index in [1.54, 1.807) is 0 Å². The molecule has 0 bridgehead atoms. The van der Waals surface area contributed by atoms with E-state index in [1.165, 1.54) is 24.3 Å². The van der Waals surface area contributed by atoms with Crippen LogP contribution in [0.4, 0.5) is 5.69 Å². The van der Waals surface area contributed by atoms with Crippen LogP contribution < -0.4 is 4.72 Å². The number of Topliss-reactive ketones (excluding diaryl/α,β-unsaturated/α-hetero) is 1. The SMILES string of the molecule is CS(=O)(=O)Nc1ccc(C(=O)C2CCS(=O)(=O)C2)cc1. The molecular formula is C12H15NO5S2. The van der Waals surface area contributed by atoms with Crippen molar-refractivity contribution in [3.8, 4) is 0 Å². The predicted molar refractivity (Wildman–Crippen MR) is 76.0 cm³/mol. The Morgan fingerprint density at radius 3 is 2.30 bits per heavy atom. The Morgan fingerprint density at radius 1 is 1.25 bits per heavy atom. The summed E-state index contributed by atoms with van der Waals surface area (Å²) in [7, 11) is -6.45. The van der Waals surface area contributed by atoms with Gasteiger partial charge in [0.1, 0.15) is 0 Å². The van der Waals surface area contributed by atoms with Gasteiger partial charge in [0.05, 0.1) is 17.8 Å². The minimum absolute atomic E-state index is 0.0527. The van der Waals surface area contributed by atoms with Crippen molar-refractivity contribution in [2.24, 2.45) is 5.92 Å². The first-order chi connectivity index (χ1) is 9.16. The Labute approximate surface area is 118 Å². The van der Waals surface area contributed by atoms with Crippen LogP contribution in [0.3, 0.4) is 0 Å². The van der Waals surface area contributed by atoms with Crippen LogP contribution in [0.1, 0.15) is 16.8 Å². The fourth-order valence-electron chi connectivity index (χ4n) is 2.15. The number of carbonyl (C=O) groups excluding carboxylic acids is 1. The summed E-state index contributed by atoms with van der Waals surface area (Å²) in [5.74, 6) is -0.752. The van der Waals surface area contributed by atoms with E-state index < -0.39 is 25.8 Å². The molecule has 1 atom stereocenters. The highest BCUT2D eigenvalue weighted by atomic mass is 32.2. The zero-order chi connectivity index (χ0) is 15.0. The number of carbonyl (C=O) groups is 1. The number of anilines is 1. The Balaban J connectivity index is 2.12. The van der Waals surface area contributed by atoms with Crippen LogP contribution in [0.25, 0.3) is 0 Å². The van der Waals surface area contributed by atoms with Gasteiger partial charge in [0.25, 0.3) is 0 Å². The number of ketones is 1. The molecule has 110 valence electrons. The van der Waals surface area contributed by atoms with Crippen molar-refractivity contribution in [1.29, 1.82) is 0 Å². The quantitative estimate of drug-likeness (QED) is 0.823. The van der Waals surface area contributed by atoms with Crippen LogP contribution in [0.2, 0.25) is 0 Å². The Hall–Kier alpha value is -1.41. The smallest absolute Gasteiger partial charge is 0.229 e. The van der Waals surface area contributed by atoms with E-state index in [0.29, 0.717) is 17.7 Å². The first-order valence-electron chi connectivity index (χ1n) is 5.99. The number of sulfone groups is 1. The molecule has 1 aromatic carbocycles. The third-order valence-electron chi connectivity index (χ3n) is 3.08. The van der Waals surface area contributed by atoms with Crippen molar-refractivity contribution in [3.05, 3.63) is 29.8 Å². The van der Waals surface area contributed by atoms with Gasteiger partial charge < -0.3 is 0 Å². The number of sulfonamides is 1. The molecule has 1 aliphatic rings. The summed E-state index contributed by atoms with van der Waals surface area (Å²) in [5, 5.41) is 0. The van der Waals surface area contributed by atoms with Crippen molar-refractivity contribution >= 4 is 31.3 Å². The van der Waals surface area contributed by atoms with Crippen LogP contribution in [-0.2, 0) is 19.9 Å². The average molecular weight is 317 g/mol. The standard InChI is InChI=1S/C12H15NO5S2/c1-19(15,16)13-11-4-2-9(3-5-11)12(14)10-6-7-20(17,18)8-10/h2-5,10,13H,6-8H2,1H3. The van der Waals surface area contributed by atoms with E-state index in [9.17, 15) is 21.6 Å². The molecular weight excluding hydrogens is 302 g/mol. The van der Waals surface area contributed by atoms with Gasteiger partial charge in [0.15, 0.2) is 15.6 Å². The van der Waals surface area contributed by atoms with E-state index in [4.69, 9.17) is 0 Å². The van der Waals surface area contributed by atoms with Gasteiger partial charge in [0.2, 0.25) is 10.0 Å². The molecule has 0 spiro atoms. The highest BCUT2D eigenvalue weighted by molar-refractivity contribution is 7.92. The molecule has 0 amide bonds. The average Bonchev–Trinajstić information content (AvgIpc) is 2.68. The molecule has 1 heterocycles. The van der Waals surface area contributed by atoms with E-state index in [1.807, 2.05) is 0 Å². The van der Waals surface area contributed by atoms with Gasteiger partial charge in [-0.25, -0.2) is 16.8 Å². The Morgan fingerprint density at radius 2 is 1.85 bits per heavy atom. The number of hydrogen-bond acceptors (Lipinski definition) is 5. The molecule has 1 fully saturated rings. The van der Waals surface area contributed by atoms with Crippen LogP contribution in [0.5, 0.6) is 0 Å². The van der Waals surface area contributed by atoms with Crippen LogP contribution >= 0.6 is 0 Å². The maximum absolute atomic E-state index is 12.1. The number of hydrogen-bond donors (Lipinski definition) is 1. The normalized spacial score (nSPS) is 21.6. The van der Waals surface area contributed by atoms with Crippen LogP contribution in [0.15, 0.2) is 24.3 Å². The second kappa shape index (κ2) is 5.17. The zero-order valence-corrected chi connectivity index (χ0v) is 12.5. The van der Waals surface area contributed by atoms with Crippen molar-refractivity contribution in [2.45, 2.75) is 6.42 Å². The molecule has 1 saturated heterocycles. The van der Waals surface area contributed by atoms with Gasteiger partial charge in [-0.15, -0.1) is 0 Å². The molecule has 1 unspecified atom stereocenters. The molecule has 6 nitrogen and oxygen atoms in total. The fourth-order valence-corrected chi connectivity index (χ4v) is 4.46. The van der Waals surface area contributed by atoms with Crippen molar-refractivity contribution < 1.29 is 21.6 Å². The lowest BCUT2D eigenvalue weighted by Crippen LogP contribution is -2.16. The summed E-state index contributed by atoms with van der Waals surface area (Å²) >= 11 is 0. The molecule has 1 N–H and O–H groups in total. The van der Waals surface area contributed by atoms with E-state index >= 15 is 0 Å². The van der Waals surface area contributed by atoms with Crippen molar-refractivity contribution in [3.63, 3.8) is 0 Å². The lowest BCUT2D eigenvalue weighted by Gasteiger charge is -2.08. The maximum Gasteiger partial charge on any atom is 0.229 e. The number of rotatable bonds is 4. The van der Waals surface area contributed by atoms with E-state index in [0.717, 1.165) is 6.26 Å². The van der Waals surface area contributed by atoms with Gasteiger partial charge in [-0.3, -0.25) is 9.52 Å². The lowest BCUT2D eigenvalue weighted by atomic mass is 9.97. The lowest BCUT2D eigenvalue weighted by molar-refractivity contribution is 0.0933. The van der Waals surface area contributed by atoms with Gasteiger partial charge in [-0.1, -0.05) is 0 Å². The zero-order valence-electron chi connectivity index (χ0n) is 10.9. The van der Waals surface area contributed by atoms with E-state index in [2.05, 4.69) is 4.72 Å². The summed E-state index contributed by atoms with van der Waals surface area (Å²) in [6.45, 7) is 0. The molecule has 1 aliphatic heterocycles. The molecule has 0 saturated carbocycles. The molecule has 1 aromatic rings. The molecule has 20 heavy (non-hydrogen) atoms. The highest BCUT2D eigenvalue weighted by Crippen LogP contribution is 2.23. The molecule has 0 aliphatic carbocycles. The Kier molecular flexibility index (Phi) is 3.88. The third-order valence-corrected chi connectivity index (χ3v) is 5.45. The third kappa shape index (κ3) is 3.80. The van der Waals surface area contributed by atoms with Crippen LogP contribution in [0, 0.1) is 5.92 Å². The van der Waals surface area contributed by atoms with Crippen LogP contribution in [-0.4, -0.2) is 40.4 Å². The van der Waals surface area contributed by atoms with Crippen molar-refractivity contribution in [2.75, 3.05) is 22.5 Å². The Bertz CT molecular complexity index is 720. The maximum atomic E-state index is 12.1. The molecule has 8 heteroatoms. The monoisotopic (exact) mass is 317 g/mol. The highest BCUT2D eigenvalue weighted by Gasteiger charge is 2.33. The molecule has 0 radical (unpaired) electrons. The summed E-state index contributed by atoms with van der Waals surface area (Å²) in [4.78, 5) is 12.1. The van der Waals surface area contributed by atoms with Gasteiger partial charge in [0, 0.05) is 17.2 Å². The number of nitrogens with one attached hydrogen (secondary N) is 1. The largest absolute Gasteiger partial charge is 0.294 e. The van der Waals surface area contributed by atoms with Gasteiger partial charge in [-0.05, 0) is 30.7 Å². The first kappa shape index (κ1) is 15.0. The minimum Gasteiger partial charge on any atom is -0.294 e. The fraction of sp³-hybridized carbons (Fsp3) is 0.417. The first-order valence-corrected chi connectivity index (χ1v) is 9.70. The topological polar surface area (TPSA) is 97.4 Å². The summed E-state index contributed by atoms with van der Waals surface area (Å²) in [6.07, 6.45) is 1.39. The van der Waals surface area contributed by atoms with E-state index in [-0.39, 0.29) is 17.3 Å². The second-order valence-corrected chi connectivity index (χ2v) is 8.89. The van der Waals surface area contributed by atoms with Gasteiger partial charge in [-0.2, -0.15) is 0 Å². The van der Waals surface area contributed by atoms with Gasteiger partial charge >= 0.3 is 0 Å². The second-order valence-electron chi connectivity index (χ2n) is 4.92. The summed E-state index contributed by atoms with van der Waals surface area (Å²) < 4.78 is 47.1. The summed E-state index contributed by atoms with van der Waals surface area (Å²) in [6, 6.07) is 5.97. The summed E-state index contributed by atoms with van der Waals surface area (Å²) in [5.41, 5.74) is 0.759. The predicted octanol–water partition coefficient (Wildman–Crippen LogP) is 0.675.